The third kappa shape index (κ3) is 5.96. The van der Waals surface area contributed by atoms with Crippen molar-refractivity contribution in [3.8, 4) is 0 Å². The summed E-state index contributed by atoms with van der Waals surface area (Å²) in [6.07, 6.45) is -2.63. The summed E-state index contributed by atoms with van der Waals surface area (Å²) >= 11 is 6.02. The lowest BCUT2D eigenvalue weighted by Crippen LogP contribution is -2.54. The highest BCUT2D eigenvalue weighted by molar-refractivity contribution is 6.30. The number of pyridine rings is 1. The van der Waals surface area contributed by atoms with Crippen LogP contribution in [0.25, 0.3) is 0 Å². The van der Waals surface area contributed by atoms with Crippen LogP contribution in [-0.2, 0) is 18.1 Å². The molecule has 0 saturated heterocycles. The van der Waals surface area contributed by atoms with Crippen LogP contribution in [0.15, 0.2) is 66.9 Å². The topological polar surface area (TPSA) is 74.2 Å². The van der Waals surface area contributed by atoms with Crippen LogP contribution >= 0.6 is 11.6 Å². The minimum absolute atomic E-state index is 0.0239. The summed E-state index contributed by atoms with van der Waals surface area (Å²) in [5, 5.41) is 15.7. The zero-order chi connectivity index (χ0) is 25.9. The third-order valence-corrected chi connectivity index (χ3v) is 6.49. The number of hydrogen-bond acceptors (Lipinski definition) is 3. The SMILES string of the molecule is O=C(N[C@@H]1CC[C@@H](O)C1)N[C@@](Cc1ccccc1)(c1cc(F)cc(C(F)(F)F)c1)c1ccc(Cl)cn1. The highest BCUT2D eigenvalue weighted by atomic mass is 35.5. The standard InChI is InChI=1S/C26H24ClF4N3O2/c27-19-6-9-23(32-15-19)25(14-16-4-2-1-3-5-16,34-24(36)33-21-7-8-22(35)13-21)17-10-18(26(29,30)31)12-20(28)11-17/h1-6,9-12,15,21-22,35H,7-8,13-14H2,(H2,33,34,36)/t21-,22-,25+/m1/s1. The zero-order valence-electron chi connectivity index (χ0n) is 19.0. The molecular formula is C26H24ClF4N3O2. The molecule has 3 atom stereocenters. The number of aromatic nitrogens is 1. The zero-order valence-corrected chi connectivity index (χ0v) is 19.8. The maximum atomic E-state index is 14.6. The third-order valence-electron chi connectivity index (χ3n) is 6.26. The first-order chi connectivity index (χ1) is 17.0. The summed E-state index contributed by atoms with van der Waals surface area (Å²) in [4.78, 5) is 17.5. The van der Waals surface area contributed by atoms with E-state index in [0.29, 0.717) is 30.9 Å². The lowest BCUT2D eigenvalue weighted by Gasteiger charge is -2.36. The van der Waals surface area contributed by atoms with Gasteiger partial charge in [-0.2, -0.15) is 13.2 Å². The Labute approximate surface area is 210 Å². The van der Waals surface area contributed by atoms with E-state index < -0.39 is 35.2 Å². The number of alkyl halides is 3. The predicted octanol–water partition coefficient (Wildman–Crippen LogP) is 5.59. The summed E-state index contributed by atoms with van der Waals surface area (Å²) in [6, 6.07) is 13.0. The van der Waals surface area contributed by atoms with Gasteiger partial charge in [-0.1, -0.05) is 41.9 Å². The molecule has 1 fully saturated rings. The number of carbonyl (C=O) groups excluding carboxylic acids is 1. The Morgan fingerprint density at radius 1 is 1.06 bits per heavy atom. The first-order valence-electron chi connectivity index (χ1n) is 11.4. The van der Waals surface area contributed by atoms with Crippen molar-refractivity contribution in [3.63, 3.8) is 0 Å². The van der Waals surface area contributed by atoms with Crippen molar-refractivity contribution in [1.82, 2.24) is 15.6 Å². The first-order valence-corrected chi connectivity index (χ1v) is 11.7. The summed E-state index contributed by atoms with van der Waals surface area (Å²) in [5.74, 6) is -1.10. The molecule has 190 valence electrons. The number of hydrogen-bond donors (Lipinski definition) is 3. The molecule has 1 aliphatic carbocycles. The van der Waals surface area contributed by atoms with Gasteiger partial charge in [0.2, 0.25) is 0 Å². The first kappa shape index (κ1) is 25.9. The normalized spacial score (nSPS) is 19.5. The van der Waals surface area contributed by atoms with Gasteiger partial charge in [0.15, 0.2) is 0 Å². The number of nitrogens with zero attached hydrogens (tertiary/aromatic N) is 1. The number of aliphatic hydroxyl groups is 1. The smallest absolute Gasteiger partial charge is 0.393 e. The van der Waals surface area contributed by atoms with E-state index in [1.165, 1.54) is 18.3 Å². The largest absolute Gasteiger partial charge is 0.416 e. The van der Waals surface area contributed by atoms with E-state index in [1.54, 1.807) is 30.3 Å². The molecule has 1 saturated carbocycles. The molecule has 3 aromatic rings. The lowest BCUT2D eigenvalue weighted by molar-refractivity contribution is -0.137. The van der Waals surface area contributed by atoms with Gasteiger partial charge >= 0.3 is 12.2 Å². The maximum Gasteiger partial charge on any atom is 0.416 e. The highest BCUT2D eigenvalue weighted by Gasteiger charge is 2.41. The van der Waals surface area contributed by atoms with Gasteiger partial charge < -0.3 is 15.7 Å². The van der Waals surface area contributed by atoms with Crippen molar-refractivity contribution in [3.05, 3.63) is 100 Å². The summed E-state index contributed by atoms with van der Waals surface area (Å²) < 4.78 is 55.6. The molecule has 2 aromatic carbocycles. The van der Waals surface area contributed by atoms with Crippen molar-refractivity contribution in [2.45, 2.75) is 49.5 Å². The number of rotatable bonds is 6. The van der Waals surface area contributed by atoms with Gasteiger partial charge in [0, 0.05) is 18.7 Å². The molecule has 3 N–H and O–H groups in total. The number of amides is 2. The second-order valence-corrected chi connectivity index (χ2v) is 9.35. The van der Waals surface area contributed by atoms with Gasteiger partial charge in [-0.05, 0) is 60.7 Å². The van der Waals surface area contributed by atoms with E-state index in [2.05, 4.69) is 15.6 Å². The van der Waals surface area contributed by atoms with Crippen molar-refractivity contribution in [2.24, 2.45) is 0 Å². The monoisotopic (exact) mass is 521 g/mol. The summed E-state index contributed by atoms with van der Waals surface area (Å²) in [6.45, 7) is 0. The Balaban J connectivity index is 1.87. The van der Waals surface area contributed by atoms with Crippen molar-refractivity contribution >= 4 is 17.6 Å². The molecule has 1 heterocycles. The minimum atomic E-state index is -4.81. The van der Waals surface area contributed by atoms with E-state index >= 15 is 0 Å². The van der Waals surface area contributed by atoms with Crippen LogP contribution in [0, 0.1) is 5.82 Å². The summed E-state index contributed by atoms with van der Waals surface area (Å²) in [7, 11) is 0. The molecule has 10 heteroatoms. The second-order valence-electron chi connectivity index (χ2n) is 8.92. The molecule has 0 unspecified atom stereocenters. The molecule has 0 radical (unpaired) electrons. The van der Waals surface area contributed by atoms with Crippen LogP contribution in [0.4, 0.5) is 22.4 Å². The Kier molecular flexibility index (Phi) is 7.51. The van der Waals surface area contributed by atoms with Gasteiger partial charge in [-0.15, -0.1) is 0 Å². The molecule has 4 rings (SSSR count). The number of benzene rings is 2. The van der Waals surface area contributed by atoms with Crippen molar-refractivity contribution in [2.75, 3.05) is 0 Å². The van der Waals surface area contributed by atoms with Gasteiger partial charge in [0.1, 0.15) is 11.4 Å². The number of aliphatic hydroxyl groups excluding tert-OH is 1. The molecule has 0 bridgehead atoms. The molecule has 0 spiro atoms. The Morgan fingerprint density at radius 3 is 2.39 bits per heavy atom. The average molecular weight is 522 g/mol. The van der Waals surface area contributed by atoms with Gasteiger partial charge in [0.25, 0.3) is 0 Å². The van der Waals surface area contributed by atoms with Crippen molar-refractivity contribution < 1.29 is 27.5 Å². The van der Waals surface area contributed by atoms with Crippen LogP contribution in [-0.4, -0.2) is 28.3 Å². The Bertz CT molecular complexity index is 1210. The molecule has 1 aliphatic rings. The van der Waals surface area contributed by atoms with Crippen LogP contribution in [0.1, 0.15) is 41.6 Å². The van der Waals surface area contributed by atoms with E-state index in [-0.39, 0.29) is 28.7 Å². The highest BCUT2D eigenvalue weighted by Crippen LogP contribution is 2.38. The number of carbonyl (C=O) groups is 1. The molecule has 0 aliphatic heterocycles. The quantitative estimate of drug-likeness (QED) is 0.370. The Morgan fingerprint density at radius 2 is 1.78 bits per heavy atom. The van der Waals surface area contributed by atoms with Crippen molar-refractivity contribution in [1.29, 1.82) is 0 Å². The van der Waals surface area contributed by atoms with E-state index in [0.717, 1.165) is 12.1 Å². The van der Waals surface area contributed by atoms with Crippen LogP contribution in [0.2, 0.25) is 5.02 Å². The van der Waals surface area contributed by atoms with Gasteiger partial charge in [-0.3, -0.25) is 4.98 Å². The second kappa shape index (κ2) is 10.4. The van der Waals surface area contributed by atoms with Crippen LogP contribution < -0.4 is 10.6 Å². The van der Waals surface area contributed by atoms with Crippen LogP contribution in [0.3, 0.4) is 0 Å². The molecule has 5 nitrogen and oxygen atoms in total. The van der Waals surface area contributed by atoms with E-state index in [1.807, 2.05) is 0 Å². The number of urea groups is 1. The molecule has 36 heavy (non-hydrogen) atoms. The average Bonchev–Trinajstić information content (AvgIpc) is 3.23. The molecule has 2 amide bonds. The fraction of sp³-hybridized carbons (Fsp3) is 0.308. The van der Waals surface area contributed by atoms with E-state index in [4.69, 9.17) is 11.6 Å². The fourth-order valence-electron chi connectivity index (χ4n) is 4.56. The van der Waals surface area contributed by atoms with Gasteiger partial charge in [0.05, 0.1) is 22.4 Å². The maximum absolute atomic E-state index is 14.6. The number of nitrogens with one attached hydrogen (secondary N) is 2. The van der Waals surface area contributed by atoms with Crippen LogP contribution in [0.5, 0.6) is 0 Å². The lowest BCUT2D eigenvalue weighted by atomic mass is 9.79. The molecule has 1 aromatic heterocycles. The van der Waals surface area contributed by atoms with E-state index in [9.17, 15) is 27.5 Å². The number of halogens is 5. The Hall–Kier alpha value is -3.17. The predicted molar refractivity (Wildman–Crippen MR) is 127 cm³/mol. The fourth-order valence-corrected chi connectivity index (χ4v) is 4.67. The molecular weight excluding hydrogens is 498 g/mol. The minimum Gasteiger partial charge on any atom is -0.393 e. The summed E-state index contributed by atoms with van der Waals surface area (Å²) in [5.41, 5.74) is -2.16. The van der Waals surface area contributed by atoms with Gasteiger partial charge in [-0.25, -0.2) is 9.18 Å².